The van der Waals surface area contributed by atoms with Crippen LogP contribution in [0.4, 0.5) is 0 Å². The first-order valence-corrected chi connectivity index (χ1v) is 11.2. The first kappa shape index (κ1) is 18.3. The van der Waals surface area contributed by atoms with E-state index in [4.69, 9.17) is 4.42 Å². The molecule has 0 spiro atoms. The second kappa shape index (κ2) is 7.17. The van der Waals surface area contributed by atoms with Crippen LogP contribution in [0.2, 0.25) is 0 Å². The highest BCUT2D eigenvalue weighted by molar-refractivity contribution is 7.89. The molecule has 0 aromatic carbocycles. The Balaban J connectivity index is 1.54. The van der Waals surface area contributed by atoms with Crippen LogP contribution in [-0.2, 0) is 16.6 Å². The van der Waals surface area contributed by atoms with Gasteiger partial charge in [-0.1, -0.05) is 0 Å². The van der Waals surface area contributed by atoms with Crippen molar-refractivity contribution in [2.24, 2.45) is 0 Å². The topological polar surface area (TPSA) is 94.1 Å². The number of piperidine rings is 1. The molecule has 8 nitrogen and oxygen atoms in total. The molecule has 0 aliphatic carbocycles. The lowest BCUT2D eigenvalue weighted by Gasteiger charge is -2.29. The molecular formula is C17H21N5O3S2. The van der Waals surface area contributed by atoms with Gasteiger partial charge in [0.25, 0.3) is 5.89 Å². The Labute approximate surface area is 161 Å². The highest BCUT2D eigenvalue weighted by atomic mass is 32.2. The monoisotopic (exact) mass is 407 g/mol. The Bertz CT molecular complexity index is 1040. The van der Waals surface area contributed by atoms with Gasteiger partial charge in [-0.15, -0.1) is 21.5 Å². The van der Waals surface area contributed by atoms with E-state index < -0.39 is 10.0 Å². The summed E-state index contributed by atoms with van der Waals surface area (Å²) in [6.07, 6.45) is 4.56. The molecule has 4 rings (SSSR count). The average Bonchev–Trinajstić information content (AvgIpc) is 3.41. The summed E-state index contributed by atoms with van der Waals surface area (Å²) in [4.78, 5) is 2.33. The standard InChI is InChI=1S/C17H21N5O3S2/c1-3-21-11-14(9-18-21)27(23,24)22-8-4-5-13(10-22)16-19-20-17(25-16)15-7-6-12(2)26-15/h6-7,9,11,13H,3-5,8,10H2,1-2H3. The third-order valence-electron chi connectivity index (χ3n) is 4.70. The van der Waals surface area contributed by atoms with Crippen LogP contribution in [0.25, 0.3) is 10.8 Å². The van der Waals surface area contributed by atoms with Gasteiger partial charge < -0.3 is 4.42 Å². The molecule has 0 saturated carbocycles. The van der Waals surface area contributed by atoms with Gasteiger partial charge in [0.05, 0.1) is 17.0 Å². The van der Waals surface area contributed by atoms with Gasteiger partial charge >= 0.3 is 0 Å². The molecule has 3 aromatic heterocycles. The highest BCUT2D eigenvalue weighted by Gasteiger charge is 2.34. The summed E-state index contributed by atoms with van der Waals surface area (Å²) in [6, 6.07) is 3.97. The number of aryl methyl sites for hydroxylation is 2. The van der Waals surface area contributed by atoms with Gasteiger partial charge in [0, 0.05) is 30.7 Å². The lowest BCUT2D eigenvalue weighted by molar-refractivity contribution is 0.286. The second-order valence-electron chi connectivity index (χ2n) is 6.59. The van der Waals surface area contributed by atoms with E-state index in [9.17, 15) is 8.42 Å². The van der Waals surface area contributed by atoms with Gasteiger partial charge in [-0.3, -0.25) is 4.68 Å². The van der Waals surface area contributed by atoms with Crippen LogP contribution < -0.4 is 0 Å². The molecule has 0 bridgehead atoms. The molecule has 10 heteroatoms. The van der Waals surface area contributed by atoms with Crippen LogP contribution in [-0.4, -0.2) is 45.8 Å². The van der Waals surface area contributed by atoms with Crippen LogP contribution in [0.1, 0.15) is 36.5 Å². The first-order chi connectivity index (χ1) is 13.0. The van der Waals surface area contributed by atoms with Gasteiger partial charge in [0.2, 0.25) is 15.9 Å². The summed E-state index contributed by atoms with van der Waals surface area (Å²) in [5, 5.41) is 12.4. The number of aromatic nitrogens is 4. The van der Waals surface area contributed by atoms with E-state index in [2.05, 4.69) is 15.3 Å². The molecule has 1 saturated heterocycles. The normalized spacial score (nSPS) is 18.8. The van der Waals surface area contributed by atoms with Crippen LogP contribution >= 0.6 is 11.3 Å². The fourth-order valence-electron chi connectivity index (χ4n) is 3.21. The molecule has 0 radical (unpaired) electrons. The molecule has 3 aromatic rings. The van der Waals surface area contributed by atoms with E-state index in [0.29, 0.717) is 31.4 Å². The van der Waals surface area contributed by atoms with Crippen LogP contribution in [0.3, 0.4) is 0 Å². The van der Waals surface area contributed by atoms with Crippen molar-refractivity contribution in [3.63, 3.8) is 0 Å². The molecule has 1 aliphatic rings. The molecule has 1 fully saturated rings. The first-order valence-electron chi connectivity index (χ1n) is 8.90. The molecule has 4 heterocycles. The van der Waals surface area contributed by atoms with E-state index >= 15 is 0 Å². The highest BCUT2D eigenvalue weighted by Crippen LogP contribution is 2.32. The lowest BCUT2D eigenvalue weighted by Crippen LogP contribution is -2.39. The molecule has 0 amide bonds. The maximum absolute atomic E-state index is 12.9. The maximum atomic E-state index is 12.9. The largest absolute Gasteiger partial charge is 0.420 e. The zero-order chi connectivity index (χ0) is 19.0. The van der Waals surface area contributed by atoms with Crippen molar-refractivity contribution in [3.05, 3.63) is 35.3 Å². The van der Waals surface area contributed by atoms with Crippen molar-refractivity contribution in [1.82, 2.24) is 24.3 Å². The molecule has 27 heavy (non-hydrogen) atoms. The smallest absolute Gasteiger partial charge is 0.257 e. The van der Waals surface area contributed by atoms with Gasteiger partial charge in [-0.25, -0.2) is 8.42 Å². The predicted molar refractivity (Wildman–Crippen MR) is 101 cm³/mol. The third-order valence-corrected chi connectivity index (χ3v) is 7.50. The van der Waals surface area contributed by atoms with Gasteiger partial charge in [-0.05, 0) is 38.8 Å². The van der Waals surface area contributed by atoms with Gasteiger partial charge in [-0.2, -0.15) is 9.40 Å². The summed E-state index contributed by atoms with van der Waals surface area (Å²) in [6.45, 7) is 5.40. The van der Waals surface area contributed by atoms with Crippen molar-refractivity contribution in [2.45, 2.75) is 44.0 Å². The Kier molecular flexibility index (Phi) is 4.87. The SMILES string of the molecule is CCn1cc(S(=O)(=O)N2CCCC(c3nnc(-c4ccc(C)s4)o3)C2)cn1. The molecule has 1 atom stereocenters. The summed E-state index contributed by atoms with van der Waals surface area (Å²) in [5.74, 6) is 0.893. The molecule has 144 valence electrons. The van der Waals surface area contributed by atoms with Crippen LogP contribution in [0.15, 0.2) is 33.8 Å². The minimum Gasteiger partial charge on any atom is -0.420 e. The summed E-state index contributed by atoms with van der Waals surface area (Å²) >= 11 is 1.60. The zero-order valence-electron chi connectivity index (χ0n) is 15.2. The van der Waals surface area contributed by atoms with E-state index in [0.717, 1.165) is 17.7 Å². The summed E-state index contributed by atoms with van der Waals surface area (Å²) < 4.78 is 34.8. The minimum atomic E-state index is -3.57. The van der Waals surface area contributed by atoms with Gasteiger partial charge in [0.1, 0.15) is 4.90 Å². The van der Waals surface area contributed by atoms with Crippen molar-refractivity contribution < 1.29 is 12.8 Å². The van der Waals surface area contributed by atoms with E-state index in [1.165, 1.54) is 15.4 Å². The van der Waals surface area contributed by atoms with E-state index in [1.807, 2.05) is 26.0 Å². The second-order valence-corrected chi connectivity index (χ2v) is 9.82. The number of thiophene rings is 1. The number of nitrogens with zero attached hydrogens (tertiary/aromatic N) is 5. The van der Waals surface area contributed by atoms with Crippen molar-refractivity contribution in [3.8, 4) is 10.8 Å². The van der Waals surface area contributed by atoms with E-state index in [-0.39, 0.29) is 10.8 Å². The maximum Gasteiger partial charge on any atom is 0.257 e. The Hall–Kier alpha value is -2.04. The summed E-state index contributed by atoms with van der Waals surface area (Å²) in [5.41, 5.74) is 0. The number of sulfonamides is 1. The Morgan fingerprint density at radius 2 is 2.19 bits per heavy atom. The Morgan fingerprint density at radius 3 is 2.89 bits per heavy atom. The third kappa shape index (κ3) is 3.56. The molecule has 1 unspecified atom stereocenters. The Morgan fingerprint density at radius 1 is 1.33 bits per heavy atom. The van der Waals surface area contributed by atoms with Crippen molar-refractivity contribution in [2.75, 3.05) is 13.1 Å². The predicted octanol–water partition coefficient (Wildman–Crippen LogP) is 2.89. The average molecular weight is 408 g/mol. The molecule has 0 N–H and O–H groups in total. The quantitative estimate of drug-likeness (QED) is 0.645. The van der Waals surface area contributed by atoms with Crippen LogP contribution in [0.5, 0.6) is 0 Å². The van der Waals surface area contributed by atoms with Crippen molar-refractivity contribution in [1.29, 1.82) is 0 Å². The fourth-order valence-corrected chi connectivity index (χ4v) is 5.48. The van der Waals surface area contributed by atoms with E-state index in [1.54, 1.807) is 22.2 Å². The molecule has 1 aliphatic heterocycles. The number of hydrogen-bond donors (Lipinski definition) is 0. The fraction of sp³-hybridized carbons (Fsp3) is 0.471. The van der Waals surface area contributed by atoms with Crippen molar-refractivity contribution >= 4 is 21.4 Å². The molecular weight excluding hydrogens is 386 g/mol. The number of hydrogen-bond acceptors (Lipinski definition) is 7. The van der Waals surface area contributed by atoms with Gasteiger partial charge in [0.15, 0.2) is 0 Å². The number of rotatable bonds is 5. The minimum absolute atomic E-state index is 0.0999. The van der Waals surface area contributed by atoms with Crippen LogP contribution in [0, 0.1) is 6.92 Å². The summed E-state index contributed by atoms with van der Waals surface area (Å²) in [7, 11) is -3.57. The zero-order valence-corrected chi connectivity index (χ0v) is 16.8. The lowest BCUT2D eigenvalue weighted by atomic mass is 10.00.